The van der Waals surface area contributed by atoms with Gasteiger partial charge in [-0.2, -0.15) is 0 Å². The lowest BCUT2D eigenvalue weighted by Gasteiger charge is -2.28. The van der Waals surface area contributed by atoms with Crippen molar-refractivity contribution in [2.45, 2.75) is 46.1 Å². The lowest BCUT2D eigenvalue weighted by Crippen LogP contribution is -2.30. The number of benzene rings is 2. The molecule has 2 aromatic rings. The van der Waals surface area contributed by atoms with Crippen LogP contribution in [-0.4, -0.2) is 26.4 Å². The molecule has 0 spiro atoms. The van der Waals surface area contributed by atoms with E-state index in [-0.39, 0.29) is 18.8 Å². The van der Waals surface area contributed by atoms with E-state index in [0.29, 0.717) is 11.5 Å². The normalized spacial score (nSPS) is 17.4. The fourth-order valence-electron chi connectivity index (χ4n) is 3.81. The second-order valence-electron chi connectivity index (χ2n) is 8.82. The van der Waals surface area contributed by atoms with E-state index >= 15 is 0 Å². The first-order chi connectivity index (χ1) is 14.3. The molecule has 0 bridgehead atoms. The highest BCUT2D eigenvalue weighted by molar-refractivity contribution is 5.78. The van der Waals surface area contributed by atoms with E-state index in [1.54, 1.807) is 7.11 Å². The third kappa shape index (κ3) is 4.24. The van der Waals surface area contributed by atoms with Gasteiger partial charge in [-0.15, -0.1) is 0 Å². The van der Waals surface area contributed by atoms with Crippen LogP contribution in [0.2, 0.25) is 0 Å². The van der Waals surface area contributed by atoms with Crippen LogP contribution in [0.4, 0.5) is 0 Å². The van der Waals surface area contributed by atoms with Crippen LogP contribution in [0.5, 0.6) is 23.0 Å². The SMILES string of the molecule is COc1cc2c(cc1OC(=O)C(C)(C)C)CCN[C@H]2CCc1ccc2c(c1)OCO2. The van der Waals surface area contributed by atoms with Crippen LogP contribution in [0.3, 0.4) is 0 Å². The van der Waals surface area contributed by atoms with Crippen molar-refractivity contribution >= 4 is 5.97 Å². The van der Waals surface area contributed by atoms with E-state index in [2.05, 4.69) is 17.4 Å². The summed E-state index contributed by atoms with van der Waals surface area (Å²) in [5.41, 5.74) is 3.04. The lowest BCUT2D eigenvalue weighted by atomic mass is 9.90. The minimum Gasteiger partial charge on any atom is -0.493 e. The van der Waals surface area contributed by atoms with Gasteiger partial charge in [0.2, 0.25) is 6.79 Å². The monoisotopic (exact) mass is 411 g/mol. The summed E-state index contributed by atoms with van der Waals surface area (Å²) in [5, 5.41) is 3.61. The van der Waals surface area contributed by atoms with Crippen LogP contribution >= 0.6 is 0 Å². The van der Waals surface area contributed by atoms with Gasteiger partial charge in [-0.05, 0) is 87.5 Å². The Labute approximate surface area is 177 Å². The van der Waals surface area contributed by atoms with Crippen molar-refractivity contribution in [1.82, 2.24) is 5.32 Å². The number of nitrogens with one attached hydrogen (secondary N) is 1. The summed E-state index contributed by atoms with van der Waals surface area (Å²) in [7, 11) is 1.61. The summed E-state index contributed by atoms with van der Waals surface area (Å²) >= 11 is 0. The maximum absolute atomic E-state index is 12.4. The molecule has 0 aliphatic carbocycles. The second-order valence-corrected chi connectivity index (χ2v) is 8.82. The van der Waals surface area contributed by atoms with Gasteiger partial charge in [0, 0.05) is 6.04 Å². The molecule has 2 aliphatic rings. The lowest BCUT2D eigenvalue weighted by molar-refractivity contribution is -0.143. The van der Waals surface area contributed by atoms with Crippen molar-refractivity contribution in [2.75, 3.05) is 20.4 Å². The van der Waals surface area contributed by atoms with E-state index in [0.717, 1.165) is 37.3 Å². The molecule has 2 heterocycles. The maximum atomic E-state index is 12.4. The average Bonchev–Trinajstić information content (AvgIpc) is 3.18. The number of aryl methyl sites for hydroxylation is 1. The Bertz CT molecular complexity index is 947. The molecular formula is C24H29NO5. The molecule has 1 N–H and O–H groups in total. The Morgan fingerprint density at radius 1 is 1.13 bits per heavy atom. The van der Waals surface area contributed by atoms with Crippen LogP contribution in [0.1, 0.15) is 49.9 Å². The number of fused-ring (bicyclic) bond motifs is 2. The van der Waals surface area contributed by atoms with Crippen LogP contribution < -0.4 is 24.3 Å². The van der Waals surface area contributed by atoms with Gasteiger partial charge < -0.3 is 24.3 Å². The first kappa shape index (κ1) is 20.5. The number of methoxy groups -OCH3 is 1. The predicted octanol–water partition coefficient (Wildman–Crippen LogP) is 4.20. The summed E-state index contributed by atoms with van der Waals surface area (Å²) in [5.74, 6) is 2.43. The molecule has 0 amide bonds. The molecule has 2 aromatic carbocycles. The van der Waals surface area contributed by atoms with Gasteiger partial charge in [0.05, 0.1) is 12.5 Å². The first-order valence-electron chi connectivity index (χ1n) is 10.4. The second kappa shape index (κ2) is 8.19. The number of rotatable bonds is 5. The Kier molecular flexibility index (Phi) is 5.60. The Morgan fingerprint density at radius 2 is 1.93 bits per heavy atom. The van der Waals surface area contributed by atoms with Gasteiger partial charge in [0.1, 0.15) is 0 Å². The van der Waals surface area contributed by atoms with Gasteiger partial charge in [-0.25, -0.2) is 0 Å². The molecule has 160 valence electrons. The minimum atomic E-state index is -0.574. The summed E-state index contributed by atoms with van der Waals surface area (Å²) in [6.45, 7) is 6.71. The standard InChI is InChI=1S/C24H29NO5/c1-24(2,3)23(26)30-22-12-16-9-10-25-18(17(16)13-20(22)27-4)7-5-15-6-8-19-21(11-15)29-14-28-19/h6,8,11-13,18,25H,5,7,9-10,14H2,1-4H3/t18-/m0/s1. The number of hydrogen-bond acceptors (Lipinski definition) is 6. The zero-order valence-electron chi connectivity index (χ0n) is 18.0. The van der Waals surface area contributed by atoms with Gasteiger partial charge >= 0.3 is 5.97 Å². The summed E-state index contributed by atoms with van der Waals surface area (Å²) in [6.07, 6.45) is 2.74. The predicted molar refractivity (Wildman–Crippen MR) is 113 cm³/mol. The molecule has 0 unspecified atom stereocenters. The first-order valence-corrected chi connectivity index (χ1v) is 10.4. The Hall–Kier alpha value is -2.73. The molecule has 0 radical (unpaired) electrons. The van der Waals surface area contributed by atoms with Crippen molar-refractivity contribution in [3.05, 3.63) is 47.0 Å². The van der Waals surface area contributed by atoms with E-state index in [9.17, 15) is 4.79 Å². The van der Waals surface area contributed by atoms with Crippen molar-refractivity contribution in [1.29, 1.82) is 0 Å². The highest BCUT2D eigenvalue weighted by Crippen LogP contribution is 2.38. The third-order valence-electron chi connectivity index (χ3n) is 5.56. The van der Waals surface area contributed by atoms with Gasteiger partial charge in [0.15, 0.2) is 23.0 Å². The molecule has 0 saturated heterocycles. The van der Waals surface area contributed by atoms with Crippen LogP contribution in [-0.2, 0) is 17.6 Å². The minimum absolute atomic E-state index is 0.209. The van der Waals surface area contributed by atoms with Crippen molar-refractivity contribution in [2.24, 2.45) is 5.41 Å². The third-order valence-corrected chi connectivity index (χ3v) is 5.56. The Balaban J connectivity index is 1.52. The average molecular weight is 411 g/mol. The molecule has 2 aliphatic heterocycles. The molecule has 6 nitrogen and oxygen atoms in total. The van der Waals surface area contributed by atoms with E-state index in [1.165, 1.54) is 16.7 Å². The van der Waals surface area contributed by atoms with Gasteiger partial charge in [-0.1, -0.05) is 6.07 Å². The topological polar surface area (TPSA) is 66.0 Å². The van der Waals surface area contributed by atoms with E-state index in [1.807, 2.05) is 39.0 Å². The summed E-state index contributed by atoms with van der Waals surface area (Å²) in [6, 6.07) is 10.3. The zero-order valence-corrected chi connectivity index (χ0v) is 18.0. The van der Waals surface area contributed by atoms with Crippen molar-refractivity contribution < 1.29 is 23.7 Å². The fraction of sp³-hybridized carbons (Fsp3) is 0.458. The molecule has 1 atom stereocenters. The molecule has 0 aromatic heterocycles. The molecule has 0 saturated carbocycles. The quantitative estimate of drug-likeness (QED) is 0.588. The smallest absolute Gasteiger partial charge is 0.316 e. The van der Waals surface area contributed by atoms with Gasteiger partial charge in [0.25, 0.3) is 0 Å². The highest BCUT2D eigenvalue weighted by Gasteiger charge is 2.27. The van der Waals surface area contributed by atoms with Crippen LogP contribution in [0.15, 0.2) is 30.3 Å². The van der Waals surface area contributed by atoms with E-state index in [4.69, 9.17) is 18.9 Å². The largest absolute Gasteiger partial charge is 0.493 e. The zero-order chi connectivity index (χ0) is 21.3. The maximum Gasteiger partial charge on any atom is 0.316 e. The number of carbonyl (C=O) groups excluding carboxylic acids is 1. The molecule has 30 heavy (non-hydrogen) atoms. The molecule has 4 rings (SSSR count). The van der Waals surface area contributed by atoms with Crippen molar-refractivity contribution in [3.63, 3.8) is 0 Å². The van der Waals surface area contributed by atoms with E-state index < -0.39 is 5.41 Å². The highest BCUT2D eigenvalue weighted by atomic mass is 16.7. The summed E-state index contributed by atoms with van der Waals surface area (Å²) in [4.78, 5) is 12.4. The van der Waals surface area contributed by atoms with Crippen LogP contribution in [0.25, 0.3) is 0 Å². The van der Waals surface area contributed by atoms with Gasteiger partial charge in [-0.3, -0.25) is 4.79 Å². The number of ether oxygens (including phenoxy) is 4. The molecule has 0 fully saturated rings. The molecule has 6 heteroatoms. The number of esters is 1. The summed E-state index contributed by atoms with van der Waals surface area (Å²) < 4.78 is 22.1. The fourth-order valence-corrected chi connectivity index (χ4v) is 3.81. The number of hydrogen-bond donors (Lipinski definition) is 1. The van der Waals surface area contributed by atoms with Crippen molar-refractivity contribution in [3.8, 4) is 23.0 Å². The Morgan fingerprint density at radius 3 is 2.70 bits per heavy atom. The molecular weight excluding hydrogens is 382 g/mol. The number of carbonyl (C=O) groups is 1. The van der Waals surface area contributed by atoms with Crippen LogP contribution in [0, 0.1) is 5.41 Å².